The minimum atomic E-state index is -0.659. The molecule has 0 radical (unpaired) electrons. The summed E-state index contributed by atoms with van der Waals surface area (Å²) in [5.41, 5.74) is 1.37. The van der Waals surface area contributed by atoms with E-state index >= 15 is 0 Å². The van der Waals surface area contributed by atoms with Gasteiger partial charge in [-0.15, -0.1) is 0 Å². The predicted molar refractivity (Wildman–Crippen MR) is 150 cm³/mol. The molecule has 2 amide bonds. The standard InChI is InChI=1S/C30H43N3O6/c1-21(2)33(30(35)23-12-13-26(37-4)27(16-23)39-15-9-14-36-3)20-25-18-31-17-24(25)19-32-29(34)28(38-5)22-10-7-6-8-11-22/h6-8,10-13,16,21,24-25,28,31H,9,14-15,17-20H2,1-5H3,(H,32,34)/t24-,25-,28+/m0/s1. The van der Waals surface area contributed by atoms with Crippen LogP contribution in [0.1, 0.15) is 42.3 Å². The molecule has 1 fully saturated rings. The lowest BCUT2D eigenvalue weighted by Crippen LogP contribution is -2.44. The summed E-state index contributed by atoms with van der Waals surface area (Å²) < 4.78 is 21.9. The Hall–Kier alpha value is -3.14. The molecule has 1 saturated heterocycles. The van der Waals surface area contributed by atoms with Crippen LogP contribution in [0.5, 0.6) is 11.5 Å². The zero-order chi connectivity index (χ0) is 28.2. The molecule has 0 bridgehead atoms. The first-order valence-electron chi connectivity index (χ1n) is 13.6. The van der Waals surface area contributed by atoms with E-state index in [0.29, 0.717) is 43.4 Å². The lowest BCUT2D eigenvalue weighted by Gasteiger charge is -2.32. The number of nitrogens with zero attached hydrogens (tertiary/aromatic N) is 1. The zero-order valence-electron chi connectivity index (χ0n) is 23.8. The topological polar surface area (TPSA) is 98.4 Å². The van der Waals surface area contributed by atoms with Crippen LogP contribution in [0.3, 0.4) is 0 Å². The first kappa shape index (κ1) is 30.4. The molecule has 39 heavy (non-hydrogen) atoms. The average Bonchev–Trinajstić information content (AvgIpc) is 3.40. The van der Waals surface area contributed by atoms with E-state index in [1.165, 1.54) is 0 Å². The number of amides is 2. The molecule has 0 unspecified atom stereocenters. The van der Waals surface area contributed by atoms with Gasteiger partial charge < -0.3 is 34.5 Å². The smallest absolute Gasteiger partial charge is 0.254 e. The maximum absolute atomic E-state index is 13.7. The van der Waals surface area contributed by atoms with Gasteiger partial charge in [0.25, 0.3) is 11.8 Å². The Bertz CT molecular complexity index is 1050. The highest BCUT2D eigenvalue weighted by molar-refractivity contribution is 5.95. The summed E-state index contributed by atoms with van der Waals surface area (Å²) in [6.07, 6.45) is 0.0766. The number of ether oxygens (including phenoxy) is 4. The van der Waals surface area contributed by atoms with Crippen molar-refractivity contribution >= 4 is 11.8 Å². The van der Waals surface area contributed by atoms with E-state index in [0.717, 1.165) is 25.1 Å². The lowest BCUT2D eigenvalue weighted by molar-refractivity contribution is -0.131. The van der Waals surface area contributed by atoms with Crippen molar-refractivity contribution in [3.05, 3.63) is 59.7 Å². The van der Waals surface area contributed by atoms with Crippen molar-refractivity contribution in [3.63, 3.8) is 0 Å². The van der Waals surface area contributed by atoms with E-state index in [2.05, 4.69) is 10.6 Å². The van der Waals surface area contributed by atoms with Gasteiger partial charge in [0.15, 0.2) is 17.6 Å². The van der Waals surface area contributed by atoms with Gasteiger partial charge >= 0.3 is 0 Å². The van der Waals surface area contributed by atoms with Crippen LogP contribution in [0.25, 0.3) is 0 Å². The minimum Gasteiger partial charge on any atom is -0.493 e. The van der Waals surface area contributed by atoms with Crippen molar-refractivity contribution in [2.45, 2.75) is 32.4 Å². The molecule has 1 aliphatic heterocycles. The second-order valence-electron chi connectivity index (χ2n) is 10.1. The molecule has 9 nitrogen and oxygen atoms in total. The Morgan fingerprint density at radius 3 is 2.41 bits per heavy atom. The van der Waals surface area contributed by atoms with Gasteiger partial charge in [-0.3, -0.25) is 9.59 Å². The SMILES string of the molecule is COCCCOc1cc(C(=O)N(C[C@@H]2CNC[C@H]2CNC(=O)[C@H](OC)c2ccccc2)C(C)C)ccc1OC. The molecule has 3 rings (SSSR count). The van der Waals surface area contributed by atoms with Crippen LogP contribution in [-0.4, -0.2) is 83.5 Å². The van der Waals surface area contributed by atoms with E-state index in [1.807, 2.05) is 49.1 Å². The van der Waals surface area contributed by atoms with Crippen LogP contribution in [0.2, 0.25) is 0 Å². The van der Waals surface area contributed by atoms with Crippen molar-refractivity contribution in [1.82, 2.24) is 15.5 Å². The van der Waals surface area contributed by atoms with Gasteiger partial charge in [0.1, 0.15) is 0 Å². The van der Waals surface area contributed by atoms with Crippen LogP contribution in [-0.2, 0) is 14.3 Å². The third-order valence-electron chi connectivity index (χ3n) is 7.07. The number of methoxy groups -OCH3 is 3. The largest absolute Gasteiger partial charge is 0.493 e. The average molecular weight is 542 g/mol. The lowest BCUT2D eigenvalue weighted by atomic mass is 9.94. The minimum absolute atomic E-state index is 0.00235. The summed E-state index contributed by atoms with van der Waals surface area (Å²) in [5.74, 6) is 1.28. The number of carbonyl (C=O) groups is 2. The normalized spacial score (nSPS) is 17.6. The van der Waals surface area contributed by atoms with E-state index in [1.54, 1.807) is 39.5 Å². The van der Waals surface area contributed by atoms with Crippen molar-refractivity contribution in [2.75, 3.05) is 60.7 Å². The number of hydrogen-bond donors (Lipinski definition) is 2. The fraction of sp³-hybridized carbons (Fsp3) is 0.533. The molecule has 2 aromatic carbocycles. The maximum Gasteiger partial charge on any atom is 0.254 e. The Morgan fingerprint density at radius 1 is 1.00 bits per heavy atom. The van der Waals surface area contributed by atoms with Gasteiger partial charge in [0, 0.05) is 65.0 Å². The van der Waals surface area contributed by atoms with Crippen LogP contribution in [0, 0.1) is 11.8 Å². The van der Waals surface area contributed by atoms with Crippen LogP contribution in [0.15, 0.2) is 48.5 Å². The fourth-order valence-corrected chi connectivity index (χ4v) is 4.84. The maximum atomic E-state index is 13.7. The number of hydrogen-bond acceptors (Lipinski definition) is 7. The first-order chi connectivity index (χ1) is 18.9. The molecule has 214 valence electrons. The Morgan fingerprint density at radius 2 is 1.74 bits per heavy atom. The molecule has 1 aliphatic rings. The highest BCUT2D eigenvalue weighted by Gasteiger charge is 2.32. The Labute approximate surface area is 232 Å². The summed E-state index contributed by atoms with van der Waals surface area (Å²) >= 11 is 0. The first-order valence-corrected chi connectivity index (χ1v) is 13.6. The number of carbonyl (C=O) groups excluding carboxylic acids is 2. The molecule has 2 aromatic rings. The van der Waals surface area contributed by atoms with E-state index in [4.69, 9.17) is 18.9 Å². The van der Waals surface area contributed by atoms with Crippen molar-refractivity contribution in [2.24, 2.45) is 11.8 Å². The van der Waals surface area contributed by atoms with E-state index in [9.17, 15) is 9.59 Å². The van der Waals surface area contributed by atoms with Crippen LogP contribution in [0.4, 0.5) is 0 Å². The highest BCUT2D eigenvalue weighted by atomic mass is 16.5. The third-order valence-corrected chi connectivity index (χ3v) is 7.07. The molecule has 0 aliphatic carbocycles. The van der Waals surface area contributed by atoms with Gasteiger partial charge in [-0.05, 0) is 49.4 Å². The van der Waals surface area contributed by atoms with E-state index in [-0.39, 0.29) is 29.7 Å². The molecular weight excluding hydrogens is 498 g/mol. The van der Waals surface area contributed by atoms with Crippen molar-refractivity contribution in [1.29, 1.82) is 0 Å². The molecule has 9 heteroatoms. The van der Waals surface area contributed by atoms with Gasteiger partial charge in [0.05, 0.1) is 13.7 Å². The molecule has 2 N–H and O–H groups in total. The molecule has 1 heterocycles. The second kappa shape index (κ2) is 15.5. The van der Waals surface area contributed by atoms with E-state index < -0.39 is 6.10 Å². The van der Waals surface area contributed by atoms with Crippen LogP contribution < -0.4 is 20.1 Å². The van der Waals surface area contributed by atoms with Gasteiger partial charge in [0.2, 0.25) is 0 Å². The molecule has 0 spiro atoms. The predicted octanol–water partition coefficient (Wildman–Crippen LogP) is 3.30. The quantitative estimate of drug-likeness (QED) is 0.334. The number of benzene rings is 2. The Kier molecular flexibility index (Phi) is 12.0. The number of nitrogens with one attached hydrogen (secondary N) is 2. The second-order valence-corrected chi connectivity index (χ2v) is 10.1. The van der Waals surface area contributed by atoms with Gasteiger partial charge in [-0.1, -0.05) is 30.3 Å². The summed E-state index contributed by atoms with van der Waals surface area (Å²) in [5, 5.41) is 6.50. The van der Waals surface area contributed by atoms with Crippen molar-refractivity contribution in [3.8, 4) is 11.5 Å². The summed E-state index contributed by atoms with van der Waals surface area (Å²) in [7, 11) is 4.78. The van der Waals surface area contributed by atoms with Gasteiger partial charge in [-0.25, -0.2) is 0 Å². The van der Waals surface area contributed by atoms with Gasteiger partial charge in [-0.2, -0.15) is 0 Å². The summed E-state index contributed by atoms with van der Waals surface area (Å²) in [6.45, 7) is 7.73. The molecule has 3 atom stereocenters. The fourth-order valence-electron chi connectivity index (χ4n) is 4.84. The summed E-state index contributed by atoms with van der Waals surface area (Å²) in [6, 6.07) is 14.8. The highest BCUT2D eigenvalue weighted by Crippen LogP contribution is 2.30. The van der Waals surface area contributed by atoms with Crippen molar-refractivity contribution < 1.29 is 28.5 Å². The monoisotopic (exact) mass is 541 g/mol. The molecule has 0 saturated carbocycles. The zero-order valence-corrected chi connectivity index (χ0v) is 23.8. The third kappa shape index (κ3) is 8.42. The molecule has 0 aromatic heterocycles. The summed E-state index contributed by atoms with van der Waals surface area (Å²) in [4.78, 5) is 28.5. The molecular formula is C30H43N3O6. The van der Waals surface area contributed by atoms with Crippen LogP contribution >= 0.6 is 0 Å². The number of rotatable bonds is 15. The Balaban J connectivity index is 1.65.